The summed E-state index contributed by atoms with van der Waals surface area (Å²) < 4.78 is 0. The van der Waals surface area contributed by atoms with E-state index in [4.69, 9.17) is 5.73 Å². The second kappa shape index (κ2) is 3.73. The quantitative estimate of drug-likeness (QED) is 0.536. The maximum atomic E-state index is 10.5. The van der Waals surface area contributed by atoms with Crippen LogP contribution in [-0.4, -0.2) is 15.9 Å². The van der Waals surface area contributed by atoms with Gasteiger partial charge in [-0.05, 0) is 6.07 Å². The predicted octanol–water partition coefficient (Wildman–Crippen LogP) is 0.328. The highest BCUT2D eigenvalue weighted by Crippen LogP contribution is 2.23. The van der Waals surface area contributed by atoms with E-state index < -0.39 is 10.8 Å². The van der Waals surface area contributed by atoms with Crippen molar-refractivity contribution in [3.8, 4) is 5.75 Å². The third kappa shape index (κ3) is 2.19. The number of hydrogen-bond donors (Lipinski definition) is 2. The summed E-state index contributed by atoms with van der Waals surface area (Å²) in [6, 6.07) is 3.49. The fraction of sp³-hybridized carbons (Fsp3) is 0.125. The second-order valence-electron chi connectivity index (χ2n) is 2.71. The number of nitro benzene ring substituents is 1. The van der Waals surface area contributed by atoms with Gasteiger partial charge in [0.15, 0.2) is 0 Å². The summed E-state index contributed by atoms with van der Waals surface area (Å²) in [7, 11) is 0. The van der Waals surface area contributed by atoms with Crippen molar-refractivity contribution in [3.63, 3.8) is 0 Å². The van der Waals surface area contributed by atoms with Crippen LogP contribution in [0.1, 0.15) is 5.56 Å². The molecule has 74 valence electrons. The van der Waals surface area contributed by atoms with E-state index in [2.05, 4.69) is 0 Å². The number of aromatic hydroxyl groups is 1. The van der Waals surface area contributed by atoms with Crippen LogP contribution in [-0.2, 0) is 11.2 Å². The lowest BCUT2D eigenvalue weighted by atomic mass is 10.1. The molecule has 6 heteroatoms. The molecule has 14 heavy (non-hydrogen) atoms. The Bertz CT molecular complexity index is 389. The minimum absolute atomic E-state index is 0.135. The molecule has 3 N–H and O–H groups in total. The molecule has 0 spiro atoms. The molecule has 1 amide bonds. The van der Waals surface area contributed by atoms with Crippen LogP contribution in [0.5, 0.6) is 5.75 Å². The predicted molar refractivity (Wildman–Crippen MR) is 47.7 cm³/mol. The third-order valence-corrected chi connectivity index (χ3v) is 1.64. The maximum Gasteiger partial charge on any atom is 0.273 e. The van der Waals surface area contributed by atoms with Crippen molar-refractivity contribution in [2.24, 2.45) is 5.73 Å². The van der Waals surface area contributed by atoms with E-state index in [-0.39, 0.29) is 23.4 Å². The van der Waals surface area contributed by atoms with Crippen LogP contribution < -0.4 is 5.73 Å². The van der Waals surface area contributed by atoms with Crippen molar-refractivity contribution in [2.75, 3.05) is 0 Å². The zero-order chi connectivity index (χ0) is 10.7. The minimum Gasteiger partial charge on any atom is -0.507 e. The van der Waals surface area contributed by atoms with Gasteiger partial charge in [-0.2, -0.15) is 0 Å². The second-order valence-corrected chi connectivity index (χ2v) is 2.71. The molecule has 0 radical (unpaired) electrons. The van der Waals surface area contributed by atoms with Crippen LogP contribution in [0.25, 0.3) is 0 Å². The van der Waals surface area contributed by atoms with Gasteiger partial charge in [0.25, 0.3) is 5.69 Å². The van der Waals surface area contributed by atoms with Crippen LogP contribution in [0.4, 0.5) is 5.69 Å². The average Bonchev–Trinajstić information content (AvgIpc) is 2.07. The first-order valence-corrected chi connectivity index (χ1v) is 3.75. The summed E-state index contributed by atoms with van der Waals surface area (Å²) in [5.41, 5.74) is 4.96. The molecule has 0 fully saturated rings. The van der Waals surface area contributed by atoms with Gasteiger partial charge < -0.3 is 10.8 Å². The fourth-order valence-corrected chi connectivity index (χ4v) is 1.00. The zero-order valence-electron chi connectivity index (χ0n) is 7.14. The standard InChI is InChI=1S/C8H8N2O4/c9-8(12)3-5-1-2-6(10(13)14)4-7(5)11/h1-2,4,11H,3H2,(H2,9,12). The highest BCUT2D eigenvalue weighted by Gasteiger charge is 2.10. The Morgan fingerprint density at radius 3 is 2.64 bits per heavy atom. The zero-order valence-corrected chi connectivity index (χ0v) is 7.14. The third-order valence-electron chi connectivity index (χ3n) is 1.64. The lowest BCUT2D eigenvalue weighted by Crippen LogP contribution is -2.13. The number of nitro groups is 1. The van der Waals surface area contributed by atoms with Crippen molar-refractivity contribution in [3.05, 3.63) is 33.9 Å². The molecule has 1 aromatic rings. The first kappa shape index (κ1) is 9.97. The maximum absolute atomic E-state index is 10.5. The van der Waals surface area contributed by atoms with E-state index in [1.54, 1.807) is 0 Å². The van der Waals surface area contributed by atoms with Crippen LogP contribution >= 0.6 is 0 Å². The van der Waals surface area contributed by atoms with Gasteiger partial charge in [-0.25, -0.2) is 0 Å². The van der Waals surface area contributed by atoms with Crippen LogP contribution in [0, 0.1) is 10.1 Å². The molecular weight excluding hydrogens is 188 g/mol. The molecule has 0 aromatic heterocycles. The normalized spacial score (nSPS) is 9.71. The summed E-state index contributed by atoms with van der Waals surface area (Å²) in [4.78, 5) is 20.2. The number of phenolic OH excluding ortho intramolecular Hbond substituents is 1. The van der Waals surface area contributed by atoms with E-state index in [9.17, 15) is 20.0 Å². The van der Waals surface area contributed by atoms with Crippen molar-refractivity contribution < 1.29 is 14.8 Å². The number of nitrogens with zero attached hydrogens (tertiary/aromatic N) is 1. The molecule has 0 saturated heterocycles. The molecule has 0 unspecified atom stereocenters. The molecule has 0 atom stereocenters. The van der Waals surface area contributed by atoms with E-state index in [1.165, 1.54) is 12.1 Å². The number of carbonyl (C=O) groups is 1. The van der Waals surface area contributed by atoms with Crippen molar-refractivity contribution in [2.45, 2.75) is 6.42 Å². The topological polar surface area (TPSA) is 106 Å². The van der Waals surface area contributed by atoms with Gasteiger partial charge in [-0.15, -0.1) is 0 Å². The number of phenols is 1. The van der Waals surface area contributed by atoms with E-state index in [1.807, 2.05) is 0 Å². The first-order chi connectivity index (χ1) is 6.50. The van der Waals surface area contributed by atoms with Gasteiger partial charge >= 0.3 is 0 Å². The molecule has 6 nitrogen and oxygen atoms in total. The Kier molecular flexibility index (Phi) is 2.66. The Hall–Kier alpha value is -2.11. The molecule has 0 aliphatic carbocycles. The summed E-state index contributed by atoms with van der Waals surface area (Å²) in [5.74, 6) is -0.896. The van der Waals surface area contributed by atoms with Gasteiger partial charge in [0.2, 0.25) is 5.91 Å². The molecule has 1 aromatic carbocycles. The largest absolute Gasteiger partial charge is 0.507 e. The number of carbonyl (C=O) groups excluding carboxylic acids is 1. The summed E-state index contributed by atoms with van der Waals surface area (Å²) in [6.45, 7) is 0. The highest BCUT2D eigenvalue weighted by atomic mass is 16.6. The minimum atomic E-state index is -0.631. The number of primary amides is 1. The molecular formula is C8H8N2O4. The number of hydrogen-bond acceptors (Lipinski definition) is 4. The van der Waals surface area contributed by atoms with E-state index >= 15 is 0 Å². The van der Waals surface area contributed by atoms with Crippen molar-refractivity contribution in [1.29, 1.82) is 0 Å². The van der Waals surface area contributed by atoms with Crippen molar-refractivity contribution in [1.82, 2.24) is 0 Å². The smallest absolute Gasteiger partial charge is 0.273 e. The van der Waals surface area contributed by atoms with Gasteiger partial charge in [0.1, 0.15) is 5.75 Å². The number of amides is 1. The van der Waals surface area contributed by atoms with E-state index in [0.29, 0.717) is 0 Å². The first-order valence-electron chi connectivity index (χ1n) is 3.75. The van der Waals surface area contributed by atoms with Crippen LogP contribution in [0.3, 0.4) is 0 Å². The highest BCUT2D eigenvalue weighted by molar-refractivity contribution is 5.77. The number of rotatable bonds is 3. The van der Waals surface area contributed by atoms with Crippen LogP contribution in [0.15, 0.2) is 18.2 Å². The van der Waals surface area contributed by atoms with Gasteiger partial charge in [0, 0.05) is 11.6 Å². The summed E-state index contributed by atoms with van der Waals surface area (Å²) in [6.07, 6.45) is -0.135. The van der Waals surface area contributed by atoms with Crippen molar-refractivity contribution >= 4 is 11.6 Å². The van der Waals surface area contributed by atoms with Crippen LogP contribution in [0.2, 0.25) is 0 Å². The summed E-state index contributed by atoms with van der Waals surface area (Å²) in [5, 5.41) is 19.6. The van der Waals surface area contributed by atoms with E-state index in [0.717, 1.165) is 6.07 Å². The lowest BCUT2D eigenvalue weighted by Gasteiger charge is -2.00. The molecule has 0 aliphatic heterocycles. The SMILES string of the molecule is NC(=O)Cc1ccc([N+](=O)[O-])cc1O. The monoisotopic (exact) mass is 196 g/mol. The molecule has 1 rings (SSSR count). The molecule has 0 bridgehead atoms. The Labute approximate surface area is 79.1 Å². The molecule has 0 heterocycles. The van der Waals surface area contributed by atoms with Gasteiger partial charge in [-0.3, -0.25) is 14.9 Å². The molecule has 0 aliphatic rings. The summed E-state index contributed by atoms with van der Waals surface area (Å²) >= 11 is 0. The number of benzene rings is 1. The molecule has 0 saturated carbocycles. The lowest BCUT2D eigenvalue weighted by molar-refractivity contribution is -0.384. The van der Waals surface area contributed by atoms with Gasteiger partial charge in [-0.1, -0.05) is 0 Å². The Morgan fingerprint density at radius 1 is 1.57 bits per heavy atom. The fourth-order valence-electron chi connectivity index (χ4n) is 1.00. The van der Waals surface area contributed by atoms with Gasteiger partial charge in [0.05, 0.1) is 17.4 Å². The average molecular weight is 196 g/mol. The Morgan fingerprint density at radius 2 is 2.21 bits per heavy atom. The Balaban J connectivity index is 3.01. The number of nitrogens with two attached hydrogens (primary N) is 1. The number of non-ortho nitro benzene ring substituents is 1.